The van der Waals surface area contributed by atoms with Crippen molar-refractivity contribution in [2.75, 3.05) is 117 Å². The van der Waals surface area contributed by atoms with E-state index in [2.05, 4.69) is 47.4 Å². The Labute approximate surface area is 685 Å². The van der Waals surface area contributed by atoms with E-state index in [1.165, 1.54) is 16.7 Å². The molecule has 0 radical (unpaired) electrons. The molecule has 1 atom stereocenters. The molecule has 9 amide bonds. The zero-order chi connectivity index (χ0) is 81.6. The minimum Gasteiger partial charge on any atom is -0.487 e. The number of nitrogens with zero attached hydrogens (tertiary/aromatic N) is 4. The molecule has 4 aliphatic rings. The number of unbranched alkanes of at least 4 members (excludes halogenated alkanes) is 1. The Bertz CT molecular complexity index is 4580. The van der Waals surface area contributed by atoms with Gasteiger partial charge in [0.2, 0.25) is 0 Å². The van der Waals surface area contributed by atoms with Gasteiger partial charge in [0.1, 0.15) is 59.3 Å². The molecule has 1 fully saturated rings. The fourth-order valence-corrected chi connectivity index (χ4v) is 14.6. The van der Waals surface area contributed by atoms with Gasteiger partial charge in [0.05, 0.1) is 44.5 Å². The number of amides is 9. The van der Waals surface area contributed by atoms with Crippen LogP contribution >= 0.6 is 24.0 Å². The Hall–Kier alpha value is -11.7. The average Bonchev–Trinajstić information content (AvgIpc) is 1.33. The molecule has 0 aliphatic carbocycles. The van der Waals surface area contributed by atoms with Gasteiger partial charge in [0.15, 0.2) is 0 Å². The maximum Gasteiger partial charge on any atom is 0.407 e. The molecule has 0 spiro atoms. The molecule has 28 heteroatoms. The zero-order valence-electron chi connectivity index (χ0n) is 65.6. The van der Waals surface area contributed by atoms with Gasteiger partial charge in [-0.3, -0.25) is 58.0 Å². The van der Waals surface area contributed by atoms with Gasteiger partial charge in [-0.2, -0.15) is 0 Å². The first-order chi connectivity index (χ1) is 56.3. The van der Waals surface area contributed by atoms with Crippen LogP contribution < -0.4 is 61.5 Å². The molecule has 12 rings (SSSR count). The molecule has 0 aromatic heterocycles. The van der Waals surface area contributed by atoms with E-state index < -0.39 is 65.0 Å². The van der Waals surface area contributed by atoms with Gasteiger partial charge in [0, 0.05) is 123 Å². The largest absolute Gasteiger partial charge is 0.487 e. The summed E-state index contributed by atoms with van der Waals surface area (Å²) in [5.74, 6) is -3.37. The van der Waals surface area contributed by atoms with E-state index in [0.29, 0.717) is 35.9 Å². The van der Waals surface area contributed by atoms with Crippen LogP contribution in [-0.4, -0.2) is 206 Å². The molecule has 8 bridgehead atoms. The number of alkyl carbamates (subject to hydrolysis) is 1. The Morgan fingerprint density at radius 2 is 0.776 bits per heavy atom. The Morgan fingerprint density at radius 1 is 0.422 bits per heavy atom. The summed E-state index contributed by atoms with van der Waals surface area (Å²) < 4.78 is 32.0. The lowest BCUT2D eigenvalue weighted by atomic mass is 10.0. The second-order valence-corrected chi connectivity index (χ2v) is 30.7. The highest BCUT2D eigenvalue weighted by Crippen LogP contribution is 2.33. The summed E-state index contributed by atoms with van der Waals surface area (Å²) in [4.78, 5) is 139. The second kappa shape index (κ2) is 43.1. The number of carbonyl (C=O) groups is 9. The van der Waals surface area contributed by atoms with Crippen molar-refractivity contribution in [3.05, 3.63) is 261 Å². The summed E-state index contributed by atoms with van der Waals surface area (Å²) in [6.07, 6.45) is 0.708. The molecule has 8 aromatic rings. The maximum absolute atomic E-state index is 15.5. The Morgan fingerprint density at radius 3 is 1.15 bits per heavy atom. The van der Waals surface area contributed by atoms with Gasteiger partial charge in [-0.05, 0) is 111 Å². The molecule has 0 saturated carbocycles. The summed E-state index contributed by atoms with van der Waals surface area (Å²) in [6.45, 7) is 8.03. The molecular weight excluding hydrogens is 1510 g/mol. The number of hydrogen-bond acceptors (Lipinski definition) is 19. The van der Waals surface area contributed by atoms with E-state index in [1.807, 2.05) is 131 Å². The van der Waals surface area contributed by atoms with E-state index in [9.17, 15) is 33.6 Å². The molecule has 8 N–H and O–H groups in total. The molecule has 1 unspecified atom stereocenters. The number of hydrogen-bond donors (Lipinski definition) is 8. The van der Waals surface area contributed by atoms with Crippen LogP contribution in [0.1, 0.15) is 145 Å². The van der Waals surface area contributed by atoms with Crippen LogP contribution in [0.5, 0.6) is 23.0 Å². The van der Waals surface area contributed by atoms with E-state index in [-0.39, 0.29) is 199 Å². The molecule has 608 valence electrons. The lowest BCUT2D eigenvalue weighted by Crippen LogP contribution is -2.49. The number of benzene rings is 8. The van der Waals surface area contributed by atoms with Crippen LogP contribution in [0.2, 0.25) is 0 Å². The third-order valence-electron chi connectivity index (χ3n) is 19.4. The van der Waals surface area contributed by atoms with Crippen LogP contribution in [0.15, 0.2) is 194 Å². The topological polar surface area (TPSA) is 309 Å². The summed E-state index contributed by atoms with van der Waals surface area (Å²) >= 11 is 7.02. The lowest BCUT2D eigenvalue weighted by molar-refractivity contribution is 0.0525. The van der Waals surface area contributed by atoms with Gasteiger partial charge in [-0.1, -0.05) is 170 Å². The van der Waals surface area contributed by atoms with Crippen LogP contribution in [0.25, 0.3) is 0 Å². The molecule has 4 heterocycles. The highest BCUT2D eigenvalue weighted by molar-refractivity contribution is 8.23. The average molecular weight is 1610 g/mol. The van der Waals surface area contributed by atoms with E-state index in [1.54, 1.807) is 93.6 Å². The first kappa shape index (κ1) is 85.2. The molecule has 8 aromatic carbocycles. The fourth-order valence-electron chi connectivity index (χ4n) is 13.4. The normalized spacial score (nSPS) is 16.9. The summed E-state index contributed by atoms with van der Waals surface area (Å²) in [5, 5.41) is 24.6. The predicted octanol–water partition coefficient (Wildman–Crippen LogP) is 9.68. The number of nitrogens with one attached hydrogen (secondary N) is 8. The summed E-state index contributed by atoms with van der Waals surface area (Å²) in [7, 11) is 0. The minimum atomic E-state index is -0.744. The van der Waals surface area contributed by atoms with Crippen LogP contribution in [0.4, 0.5) is 4.79 Å². The smallest absolute Gasteiger partial charge is 0.407 e. The third kappa shape index (κ3) is 25.2. The molecule has 4 aliphatic heterocycles. The van der Waals surface area contributed by atoms with Gasteiger partial charge in [-0.15, -0.1) is 0 Å². The van der Waals surface area contributed by atoms with Gasteiger partial charge in [-0.25, -0.2) is 4.79 Å². The Balaban J connectivity index is 0.982. The van der Waals surface area contributed by atoms with Crippen molar-refractivity contribution in [2.45, 2.75) is 78.1 Å². The standard InChI is InChI=1S/C88H100N12O14S2/c1-88(2,3)114-86(109)95-39-17-16-30-65(96-84(107)72-37-21-38-73(85(108)100-54-55-116-87(100)115)77(72)113-60-64-28-14-7-15-29-64)56-99-51-45-94-83(106)71-36-20-33-68(76(71)112-59-63-26-12-6-13-27-63)80(103)91-42-48-97-46-40-89-78(101)66-31-18-34-69(74(66)110-57-61-22-8-4-9-23-61)81(104)92-43-49-98(52-53-99)50-44-93-82(105)70-35-19-32-67(79(102)90-41-47-97)75(70)111-58-62-24-10-5-11-25-62/h4-15,18-29,31-38,65H,16-17,30,39-60H2,1-3H3,(H,89,101)(H,90,102)(H,91,103)(H,92,104)(H,93,105)(H,94,106)(H,95,109)(H,96,107). The fraction of sp³-hybridized carbons (Fsp3) is 0.341. The van der Waals surface area contributed by atoms with Gasteiger partial charge < -0.3 is 66.2 Å². The Kier molecular flexibility index (Phi) is 31.7. The van der Waals surface area contributed by atoms with E-state index in [4.69, 9.17) is 35.9 Å². The molecular formula is C88H100N12O14S2. The van der Waals surface area contributed by atoms with Crippen LogP contribution in [0.3, 0.4) is 0 Å². The summed E-state index contributed by atoms with van der Waals surface area (Å²) in [6, 6.07) is 55.9. The SMILES string of the molecule is CC(C)(C)OC(=O)NCCCCC(CN1CCNC(=O)c2cccc(c2OCc2ccccc2)C(=O)NCCN2CCNC(=O)c3cccc(c3OCc3ccccc3)C(=O)NCCN(CCNC(=O)c3cccc(c3OCc3ccccc3)C(=O)NCC2)CC1)NC(=O)c1cccc(C(=O)N2CCSC2=S)c1OCc1ccccc1. The third-order valence-corrected chi connectivity index (χ3v) is 20.8. The van der Waals surface area contributed by atoms with Crippen molar-refractivity contribution in [2.24, 2.45) is 0 Å². The minimum absolute atomic E-state index is 0.00124. The highest BCUT2D eigenvalue weighted by Gasteiger charge is 2.32. The van der Waals surface area contributed by atoms with E-state index >= 15 is 9.59 Å². The highest BCUT2D eigenvalue weighted by atomic mass is 32.2. The maximum atomic E-state index is 15.5. The number of thiocarbonyl (C=S) groups is 1. The van der Waals surface area contributed by atoms with E-state index in [0.717, 1.165) is 22.3 Å². The number of para-hydroxylation sites is 4. The van der Waals surface area contributed by atoms with Crippen molar-refractivity contribution in [3.8, 4) is 23.0 Å². The first-order valence-electron chi connectivity index (χ1n) is 39.1. The molecule has 26 nitrogen and oxygen atoms in total. The number of ether oxygens (including phenoxy) is 5. The van der Waals surface area contributed by atoms with Crippen molar-refractivity contribution < 1.29 is 66.8 Å². The van der Waals surface area contributed by atoms with Crippen molar-refractivity contribution in [3.63, 3.8) is 0 Å². The van der Waals surface area contributed by atoms with Gasteiger partial charge in [0.25, 0.3) is 47.3 Å². The van der Waals surface area contributed by atoms with Crippen molar-refractivity contribution >= 4 is 81.7 Å². The molecule has 1 saturated heterocycles. The number of thioether (sulfide) groups is 1. The number of fused-ring (bicyclic) bond motifs is 21. The zero-order valence-corrected chi connectivity index (χ0v) is 67.2. The molecule has 116 heavy (non-hydrogen) atoms. The second-order valence-electron chi connectivity index (χ2n) is 29.0. The monoisotopic (exact) mass is 1610 g/mol. The summed E-state index contributed by atoms with van der Waals surface area (Å²) in [5.41, 5.74) is 3.20. The number of carbonyl (C=O) groups excluding carboxylic acids is 9. The van der Waals surface area contributed by atoms with Crippen molar-refractivity contribution in [1.29, 1.82) is 0 Å². The first-order valence-corrected chi connectivity index (χ1v) is 40.5. The van der Waals surface area contributed by atoms with Crippen molar-refractivity contribution in [1.82, 2.24) is 62.1 Å². The van der Waals surface area contributed by atoms with Crippen LogP contribution in [-0.2, 0) is 31.2 Å². The predicted molar refractivity (Wildman–Crippen MR) is 448 cm³/mol. The van der Waals surface area contributed by atoms with Crippen LogP contribution in [0, 0.1) is 0 Å². The number of rotatable bonds is 22. The lowest BCUT2D eigenvalue weighted by Gasteiger charge is -2.31. The quantitative estimate of drug-likeness (QED) is 0.0231. The van der Waals surface area contributed by atoms with Gasteiger partial charge >= 0.3 is 6.09 Å².